The molecule has 0 fully saturated rings. The fourth-order valence-electron chi connectivity index (χ4n) is 7.35. The van der Waals surface area contributed by atoms with E-state index < -0.39 is 13.9 Å². The number of esters is 1. The number of nitrogens with zero attached hydrogens (tertiary/aromatic N) is 1. The number of likely N-dealkylation sites (N-methyl/N-ethyl adjacent to an activating group) is 1. The van der Waals surface area contributed by atoms with Crippen molar-refractivity contribution in [3.05, 3.63) is 97.2 Å². The number of hydrogen-bond donors (Lipinski definition) is 1. The lowest BCUT2D eigenvalue weighted by Crippen LogP contribution is -2.37. The molecule has 0 spiro atoms. The molecule has 0 bridgehead atoms. The number of quaternary nitrogens is 1. The first-order valence-electron chi connectivity index (χ1n) is 28.0. The highest BCUT2D eigenvalue weighted by molar-refractivity contribution is 7.47. The summed E-state index contributed by atoms with van der Waals surface area (Å²) >= 11 is 0. The van der Waals surface area contributed by atoms with Crippen LogP contribution < -0.4 is 0 Å². The van der Waals surface area contributed by atoms with Gasteiger partial charge in [-0.1, -0.05) is 214 Å². The molecule has 0 aromatic heterocycles. The number of hydrogen-bond acceptors (Lipinski definition) is 6. The molecule has 0 rings (SSSR count). The van der Waals surface area contributed by atoms with Gasteiger partial charge in [0.25, 0.3) is 0 Å². The Labute approximate surface area is 426 Å². The number of allylic oxidation sites excluding steroid dienone is 16. The molecule has 0 amide bonds. The van der Waals surface area contributed by atoms with E-state index in [4.69, 9.17) is 18.5 Å². The molecular formula is C60H107NO7P+. The molecule has 0 aliphatic carbocycles. The number of ether oxygens (including phenoxy) is 2. The molecule has 2 unspecified atom stereocenters. The van der Waals surface area contributed by atoms with E-state index in [1.165, 1.54) is 109 Å². The summed E-state index contributed by atoms with van der Waals surface area (Å²) < 4.78 is 35.2. The van der Waals surface area contributed by atoms with Gasteiger partial charge in [0.15, 0.2) is 0 Å². The minimum absolute atomic E-state index is 0.0797. The van der Waals surface area contributed by atoms with E-state index >= 15 is 0 Å². The van der Waals surface area contributed by atoms with E-state index in [0.717, 1.165) is 89.9 Å². The number of unbranched alkanes of at least 4 members (excludes halogenated alkanes) is 21. The molecule has 0 aliphatic heterocycles. The maximum Gasteiger partial charge on any atom is 0.472 e. The molecule has 0 radical (unpaired) electrons. The first-order chi connectivity index (χ1) is 33.6. The van der Waals surface area contributed by atoms with Crippen LogP contribution in [0, 0.1) is 0 Å². The first kappa shape index (κ1) is 66.4. The Bertz CT molecular complexity index is 1420. The standard InChI is InChI=1S/C60H106NO7P/c1-6-8-10-12-14-16-18-20-22-24-26-28-30-31-32-33-35-37-39-41-43-45-47-49-51-53-60(62)68-59(58-67-69(63,64)66-56-54-61(3,4)5)57-65-55-52-50-48-46-44-42-40-38-36-34-29-27-25-23-21-19-17-15-13-11-9-7-2/h8,10,14,16,19-22,25-28,31-32,35,37,59H,6-7,9,11-13,15,17-18,23-24,29-30,33-34,36,38-58H2,1-5H3/p+1/b10-8-,16-14-,21-19-,22-20-,27-25-,28-26-,32-31-,37-35-. The second-order valence-corrected chi connectivity index (χ2v) is 21.0. The Hall–Kier alpha value is -2.58. The molecule has 2 atom stereocenters. The van der Waals surface area contributed by atoms with Crippen LogP contribution in [0.25, 0.3) is 0 Å². The average Bonchev–Trinajstić information content (AvgIpc) is 3.31. The molecule has 0 aliphatic rings. The Morgan fingerprint density at radius 2 is 0.841 bits per heavy atom. The largest absolute Gasteiger partial charge is 0.472 e. The number of carbonyl (C=O) groups is 1. The highest BCUT2D eigenvalue weighted by Gasteiger charge is 2.26. The van der Waals surface area contributed by atoms with Gasteiger partial charge in [-0.2, -0.15) is 0 Å². The van der Waals surface area contributed by atoms with Crippen molar-refractivity contribution in [2.24, 2.45) is 0 Å². The maximum atomic E-state index is 12.8. The van der Waals surface area contributed by atoms with Gasteiger partial charge in [0.2, 0.25) is 0 Å². The van der Waals surface area contributed by atoms with Gasteiger partial charge in [0.05, 0.1) is 34.4 Å². The predicted molar refractivity (Wildman–Crippen MR) is 298 cm³/mol. The molecular weight excluding hydrogens is 878 g/mol. The van der Waals surface area contributed by atoms with Crippen molar-refractivity contribution in [3.8, 4) is 0 Å². The minimum Gasteiger partial charge on any atom is -0.457 e. The summed E-state index contributed by atoms with van der Waals surface area (Å²) in [6.07, 6.45) is 71.7. The monoisotopic (exact) mass is 985 g/mol. The molecule has 9 heteroatoms. The summed E-state index contributed by atoms with van der Waals surface area (Å²) in [6, 6.07) is 0. The molecule has 1 N–H and O–H groups in total. The Morgan fingerprint density at radius 1 is 0.464 bits per heavy atom. The van der Waals surface area contributed by atoms with E-state index in [-0.39, 0.29) is 25.8 Å². The lowest BCUT2D eigenvalue weighted by atomic mass is 10.1. The van der Waals surface area contributed by atoms with Crippen LogP contribution in [0.3, 0.4) is 0 Å². The Balaban J connectivity index is 4.17. The smallest absolute Gasteiger partial charge is 0.457 e. The van der Waals surface area contributed by atoms with E-state index in [0.29, 0.717) is 24.1 Å². The maximum absolute atomic E-state index is 12.8. The fourth-order valence-corrected chi connectivity index (χ4v) is 8.09. The van der Waals surface area contributed by atoms with Crippen molar-refractivity contribution in [1.29, 1.82) is 0 Å². The molecule has 69 heavy (non-hydrogen) atoms. The second-order valence-electron chi connectivity index (χ2n) is 19.6. The third-order valence-electron chi connectivity index (χ3n) is 11.6. The lowest BCUT2D eigenvalue weighted by molar-refractivity contribution is -0.870. The van der Waals surface area contributed by atoms with Gasteiger partial charge in [0.1, 0.15) is 19.3 Å². The van der Waals surface area contributed by atoms with Gasteiger partial charge in [-0.25, -0.2) is 4.57 Å². The lowest BCUT2D eigenvalue weighted by Gasteiger charge is -2.24. The van der Waals surface area contributed by atoms with Crippen LogP contribution in [0.4, 0.5) is 0 Å². The van der Waals surface area contributed by atoms with Crippen LogP contribution in [0.5, 0.6) is 0 Å². The zero-order valence-corrected chi connectivity index (χ0v) is 46.2. The quantitative estimate of drug-likeness (QED) is 0.0213. The van der Waals surface area contributed by atoms with E-state index in [1.54, 1.807) is 0 Å². The van der Waals surface area contributed by atoms with E-state index in [1.807, 2.05) is 21.1 Å². The van der Waals surface area contributed by atoms with E-state index in [9.17, 15) is 14.3 Å². The summed E-state index contributed by atoms with van der Waals surface area (Å²) in [4.78, 5) is 23.1. The van der Waals surface area contributed by atoms with Crippen LogP contribution in [0.2, 0.25) is 0 Å². The highest BCUT2D eigenvalue weighted by atomic mass is 31.2. The summed E-state index contributed by atoms with van der Waals surface area (Å²) in [5, 5.41) is 0. The molecule has 8 nitrogen and oxygen atoms in total. The zero-order chi connectivity index (χ0) is 50.5. The number of phosphoric ester groups is 1. The number of rotatable bonds is 51. The van der Waals surface area contributed by atoms with Gasteiger partial charge in [-0.3, -0.25) is 13.8 Å². The SMILES string of the molecule is CC/C=C\C/C=C\C/C=C\C/C=C\C/C=C\C/C=C\CCCCCCCCC(=O)OC(COCCCCCCCCCCCC/C=C\C/C=C\CCCCCCC)COP(=O)(O)OCC[N+](C)(C)C. The first-order valence-corrected chi connectivity index (χ1v) is 29.5. The van der Waals surface area contributed by atoms with Crippen LogP contribution >= 0.6 is 7.82 Å². The topological polar surface area (TPSA) is 91.3 Å². The average molecular weight is 985 g/mol. The van der Waals surface area contributed by atoms with Crippen molar-refractivity contribution in [2.45, 2.75) is 225 Å². The van der Waals surface area contributed by atoms with Crippen molar-refractivity contribution in [2.75, 3.05) is 54.1 Å². The molecule has 0 saturated heterocycles. The van der Waals surface area contributed by atoms with Crippen molar-refractivity contribution in [3.63, 3.8) is 0 Å². The third-order valence-corrected chi connectivity index (χ3v) is 12.6. The Kier molecular flexibility index (Phi) is 49.8. The number of phosphoric acid groups is 1. The normalized spacial score (nSPS) is 14.2. The fraction of sp³-hybridized carbons (Fsp3) is 0.717. The van der Waals surface area contributed by atoms with E-state index in [2.05, 4.69) is 111 Å². The molecule has 0 aromatic rings. The molecule has 0 saturated carbocycles. The van der Waals surface area contributed by atoms with Crippen molar-refractivity contribution >= 4 is 13.8 Å². The second kappa shape index (κ2) is 51.8. The summed E-state index contributed by atoms with van der Waals surface area (Å²) in [5.41, 5.74) is 0. The van der Waals surface area contributed by atoms with Crippen molar-refractivity contribution < 1.29 is 37.3 Å². The van der Waals surface area contributed by atoms with Gasteiger partial charge < -0.3 is 18.9 Å². The van der Waals surface area contributed by atoms with Gasteiger partial charge >= 0.3 is 13.8 Å². The van der Waals surface area contributed by atoms with Gasteiger partial charge in [-0.05, 0) is 96.3 Å². The van der Waals surface area contributed by atoms with Crippen LogP contribution in [0.15, 0.2) is 97.2 Å². The highest BCUT2D eigenvalue weighted by Crippen LogP contribution is 2.43. The summed E-state index contributed by atoms with van der Waals surface area (Å²) in [5.74, 6) is -0.331. The predicted octanol–water partition coefficient (Wildman–Crippen LogP) is 17.7. The summed E-state index contributed by atoms with van der Waals surface area (Å²) in [7, 11) is 1.64. The van der Waals surface area contributed by atoms with Crippen LogP contribution in [0.1, 0.15) is 219 Å². The van der Waals surface area contributed by atoms with Crippen LogP contribution in [-0.4, -0.2) is 75.6 Å². The van der Waals surface area contributed by atoms with Gasteiger partial charge in [0, 0.05) is 13.0 Å². The third kappa shape index (κ3) is 56.2. The van der Waals surface area contributed by atoms with Gasteiger partial charge in [-0.15, -0.1) is 0 Å². The van der Waals surface area contributed by atoms with Crippen LogP contribution in [-0.2, 0) is 27.9 Å². The zero-order valence-electron chi connectivity index (χ0n) is 45.3. The Morgan fingerprint density at radius 3 is 1.26 bits per heavy atom. The molecule has 0 heterocycles. The number of carbonyl (C=O) groups excluding carboxylic acids is 1. The molecule has 0 aromatic carbocycles. The molecule has 398 valence electrons. The minimum atomic E-state index is -4.30. The summed E-state index contributed by atoms with van der Waals surface area (Å²) in [6.45, 7) is 5.47. The van der Waals surface area contributed by atoms with Crippen molar-refractivity contribution in [1.82, 2.24) is 0 Å².